The average Bonchev–Trinajstić information content (AvgIpc) is 3.17. The molecule has 0 aliphatic carbocycles. The Labute approximate surface area is 149 Å². The summed E-state index contributed by atoms with van der Waals surface area (Å²) in [5.74, 6) is -0.571. The molecule has 2 rings (SSSR count). The molecule has 5 nitrogen and oxygen atoms in total. The summed E-state index contributed by atoms with van der Waals surface area (Å²) in [7, 11) is -2.66. The summed E-state index contributed by atoms with van der Waals surface area (Å²) in [5.41, 5.74) is -2.64. The van der Waals surface area contributed by atoms with Gasteiger partial charge in [0.25, 0.3) is 0 Å². The van der Waals surface area contributed by atoms with Crippen molar-refractivity contribution < 1.29 is 23.2 Å². The minimum Gasteiger partial charge on any atom is -0.290 e. The summed E-state index contributed by atoms with van der Waals surface area (Å²) in [6.07, 6.45) is 0. The Bertz CT molecular complexity index is 670. The maximum atomic E-state index is 12.4. The van der Waals surface area contributed by atoms with Crippen LogP contribution in [-0.2, 0) is 13.6 Å². The topological polar surface area (TPSA) is 69.7 Å². The molecule has 0 fully saturated rings. The fourth-order valence-corrected chi connectivity index (χ4v) is 4.46. The van der Waals surface area contributed by atoms with Gasteiger partial charge in [-0.3, -0.25) is 9.59 Å². The summed E-state index contributed by atoms with van der Waals surface area (Å²) in [6, 6.07) is 6.87. The monoisotopic (exact) mass is 385 g/mol. The first-order chi connectivity index (χ1) is 11.1. The lowest BCUT2D eigenvalue weighted by Crippen LogP contribution is -2.35. The van der Waals surface area contributed by atoms with Crippen molar-refractivity contribution in [2.75, 3.05) is 0 Å². The molecule has 0 aliphatic rings. The van der Waals surface area contributed by atoms with Crippen molar-refractivity contribution in [3.05, 3.63) is 44.8 Å². The van der Waals surface area contributed by atoms with Crippen molar-refractivity contribution >= 4 is 42.5 Å². The van der Waals surface area contributed by atoms with Gasteiger partial charge in [0.05, 0.1) is 9.75 Å². The molecule has 2 aromatic heterocycles. The van der Waals surface area contributed by atoms with Crippen LogP contribution in [0.3, 0.4) is 0 Å². The van der Waals surface area contributed by atoms with Crippen molar-refractivity contribution in [3.8, 4) is 0 Å². The zero-order valence-corrected chi connectivity index (χ0v) is 16.3. The Hall–Kier alpha value is -1.24. The van der Waals surface area contributed by atoms with E-state index in [2.05, 4.69) is 0 Å². The molecule has 0 unspecified atom stereocenters. The van der Waals surface area contributed by atoms with E-state index >= 15 is 0 Å². The minimum absolute atomic E-state index is 0.285. The molecular weight excluding hydrogens is 367 g/mol. The number of thiophene rings is 2. The highest BCUT2D eigenvalue weighted by Gasteiger charge is 2.46. The van der Waals surface area contributed by atoms with E-state index in [1.54, 1.807) is 35.0 Å². The first-order valence-electron chi connectivity index (χ1n) is 7.15. The van der Waals surface area contributed by atoms with Gasteiger partial charge in [-0.1, -0.05) is 12.1 Å². The van der Waals surface area contributed by atoms with Crippen molar-refractivity contribution in [2.24, 2.45) is 0 Å². The Morgan fingerprint density at radius 3 is 1.54 bits per heavy atom. The fraction of sp³-hybridized carbons (Fsp3) is 0.375. The standard InChI is InChI=1S/C16H18O5PS2/c1-15(2,13(17)11-7-5-9-23-11)20-22(19)21-16(3,4)14(18)12-8-6-10-24-12/h5-10H,1-4H3/q+1. The Kier molecular flexibility index (Phi) is 5.83. The Morgan fingerprint density at radius 2 is 1.25 bits per heavy atom. The number of hydrogen-bond donors (Lipinski definition) is 0. The lowest BCUT2D eigenvalue weighted by molar-refractivity contribution is 0.0347. The van der Waals surface area contributed by atoms with E-state index in [4.69, 9.17) is 9.05 Å². The van der Waals surface area contributed by atoms with Crippen molar-refractivity contribution in [1.29, 1.82) is 0 Å². The molecule has 8 heteroatoms. The van der Waals surface area contributed by atoms with Gasteiger partial charge in [-0.25, -0.2) is 0 Å². The molecule has 0 bridgehead atoms. The van der Waals surface area contributed by atoms with Gasteiger partial charge >= 0.3 is 8.25 Å². The summed E-state index contributed by atoms with van der Waals surface area (Å²) >= 11 is 2.57. The van der Waals surface area contributed by atoms with Gasteiger partial charge in [0.1, 0.15) is 0 Å². The van der Waals surface area contributed by atoms with Crippen LogP contribution in [0.2, 0.25) is 0 Å². The second kappa shape index (κ2) is 7.33. The van der Waals surface area contributed by atoms with E-state index < -0.39 is 19.5 Å². The quantitative estimate of drug-likeness (QED) is 0.466. The Balaban J connectivity index is 2.04. The smallest absolute Gasteiger partial charge is 0.290 e. The van der Waals surface area contributed by atoms with Crippen LogP contribution in [0, 0.1) is 0 Å². The van der Waals surface area contributed by atoms with Gasteiger partial charge in [0.15, 0.2) is 11.2 Å². The van der Waals surface area contributed by atoms with Crippen molar-refractivity contribution in [3.63, 3.8) is 0 Å². The van der Waals surface area contributed by atoms with Crippen molar-refractivity contribution in [2.45, 2.75) is 38.9 Å². The minimum atomic E-state index is -2.66. The highest BCUT2D eigenvalue weighted by Crippen LogP contribution is 2.39. The summed E-state index contributed by atoms with van der Waals surface area (Å²) in [5, 5.41) is 3.56. The second-order valence-corrected chi connectivity index (χ2v) is 8.75. The van der Waals surface area contributed by atoms with Crippen LogP contribution in [0.4, 0.5) is 0 Å². The first-order valence-corrected chi connectivity index (χ1v) is 10.0. The van der Waals surface area contributed by atoms with Crippen LogP contribution in [0.1, 0.15) is 47.0 Å². The maximum Gasteiger partial charge on any atom is 0.699 e. The third kappa shape index (κ3) is 4.43. The van der Waals surface area contributed by atoms with Crippen LogP contribution >= 0.6 is 30.9 Å². The second-order valence-electron chi connectivity index (χ2n) is 6.04. The molecule has 0 aliphatic heterocycles. The predicted molar refractivity (Wildman–Crippen MR) is 95.2 cm³/mol. The number of carbonyl (C=O) groups excluding carboxylic acids is 2. The van der Waals surface area contributed by atoms with E-state index in [0.717, 1.165) is 0 Å². The Morgan fingerprint density at radius 1 is 0.875 bits per heavy atom. The summed E-state index contributed by atoms with van der Waals surface area (Å²) in [4.78, 5) is 25.8. The lowest BCUT2D eigenvalue weighted by atomic mass is 10.0. The number of rotatable bonds is 8. The van der Waals surface area contributed by atoms with E-state index in [-0.39, 0.29) is 11.6 Å². The third-order valence-corrected chi connectivity index (χ3v) is 6.14. The predicted octanol–water partition coefficient (Wildman–Crippen LogP) is 5.12. The van der Waals surface area contributed by atoms with Crippen LogP contribution < -0.4 is 0 Å². The van der Waals surface area contributed by atoms with Gasteiger partial charge in [0.2, 0.25) is 11.6 Å². The van der Waals surface area contributed by atoms with Crippen molar-refractivity contribution in [1.82, 2.24) is 0 Å². The molecule has 24 heavy (non-hydrogen) atoms. The van der Waals surface area contributed by atoms with E-state index in [9.17, 15) is 14.2 Å². The molecule has 0 amide bonds. The third-order valence-electron chi connectivity index (χ3n) is 3.19. The summed E-state index contributed by atoms with van der Waals surface area (Å²) < 4.78 is 22.9. The van der Waals surface area contributed by atoms with Crippen LogP contribution in [0.5, 0.6) is 0 Å². The van der Waals surface area contributed by atoms with Gasteiger partial charge in [-0.2, -0.15) is 0 Å². The van der Waals surface area contributed by atoms with Gasteiger partial charge in [0, 0.05) is 4.57 Å². The largest absolute Gasteiger partial charge is 0.699 e. The normalized spacial score (nSPS) is 12.2. The maximum absolute atomic E-state index is 12.4. The number of hydrogen-bond acceptors (Lipinski definition) is 7. The number of ketones is 2. The van der Waals surface area contributed by atoms with Crippen LogP contribution in [0.25, 0.3) is 0 Å². The fourth-order valence-electron chi connectivity index (χ4n) is 1.88. The van der Waals surface area contributed by atoms with Crippen LogP contribution in [0.15, 0.2) is 35.0 Å². The zero-order valence-electron chi connectivity index (χ0n) is 13.8. The van der Waals surface area contributed by atoms with Gasteiger partial charge in [-0.15, -0.1) is 31.7 Å². The molecular formula is C16H18O5PS2+. The SMILES string of the molecule is CC(C)(O[P+](=O)OC(C)(C)C(=O)c1cccs1)C(=O)c1cccs1. The molecule has 0 radical (unpaired) electrons. The summed E-state index contributed by atoms with van der Waals surface area (Å²) in [6.45, 7) is 6.11. The highest BCUT2D eigenvalue weighted by atomic mass is 32.1. The molecule has 2 heterocycles. The lowest BCUT2D eigenvalue weighted by Gasteiger charge is -2.18. The van der Waals surface area contributed by atoms with E-state index in [0.29, 0.717) is 9.75 Å². The molecule has 0 atom stereocenters. The van der Waals surface area contributed by atoms with E-state index in [1.165, 1.54) is 50.4 Å². The van der Waals surface area contributed by atoms with E-state index in [1.807, 2.05) is 0 Å². The molecule has 0 spiro atoms. The average molecular weight is 385 g/mol. The zero-order chi connectivity index (χ0) is 18.0. The van der Waals surface area contributed by atoms with Gasteiger partial charge in [-0.05, 0) is 50.6 Å². The molecule has 0 saturated heterocycles. The van der Waals surface area contributed by atoms with Gasteiger partial charge < -0.3 is 0 Å². The number of carbonyl (C=O) groups is 2. The van der Waals surface area contributed by atoms with Crippen LogP contribution in [-0.4, -0.2) is 22.8 Å². The molecule has 0 saturated carbocycles. The molecule has 0 aromatic carbocycles. The first kappa shape index (κ1) is 19.1. The molecule has 128 valence electrons. The molecule has 2 aromatic rings. The molecule has 0 N–H and O–H groups in total. The highest BCUT2D eigenvalue weighted by molar-refractivity contribution is 7.33. The number of Topliss-reactive ketones (excluding diaryl/α,β-unsaturated/α-hetero) is 2.